The van der Waals surface area contributed by atoms with Crippen LogP contribution in [0.1, 0.15) is 36.6 Å². The first-order chi connectivity index (χ1) is 16.6. The molecule has 1 atom stereocenters. The van der Waals surface area contributed by atoms with Crippen LogP contribution in [0.3, 0.4) is 0 Å². The molecule has 0 spiro atoms. The second-order valence-corrected chi connectivity index (χ2v) is 8.84. The quantitative estimate of drug-likeness (QED) is 0.311. The van der Waals surface area contributed by atoms with E-state index < -0.39 is 0 Å². The summed E-state index contributed by atoms with van der Waals surface area (Å²) in [4.78, 5) is 19.2. The Hall–Kier alpha value is -3.67. The van der Waals surface area contributed by atoms with Crippen molar-refractivity contribution in [2.75, 3.05) is 18.1 Å². The van der Waals surface area contributed by atoms with E-state index in [4.69, 9.17) is 9.72 Å². The van der Waals surface area contributed by atoms with Crippen LogP contribution in [0.5, 0.6) is 5.75 Å². The molecule has 3 aromatic carbocycles. The number of anilines is 1. The number of carbonyl (C=O) groups is 1. The SMILES string of the molecule is Cc1ccc(OCCCCn2c(C3CC(=O)N(c4ccccc4F)C3)nc3ccccc32)cc1. The van der Waals surface area contributed by atoms with E-state index in [2.05, 4.69) is 17.6 Å². The van der Waals surface area contributed by atoms with E-state index in [1.165, 1.54) is 11.6 Å². The summed E-state index contributed by atoms with van der Waals surface area (Å²) in [5.41, 5.74) is 3.54. The summed E-state index contributed by atoms with van der Waals surface area (Å²) in [7, 11) is 0. The lowest BCUT2D eigenvalue weighted by Gasteiger charge is -2.18. The molecule has 1 fully saturated rings. The molecule has 1 aliphatic heterocycles. The molecule has 2 heterocycles. The minimum Gasteiger partial charge on any atom is -0.494 e. The molecule has 1 saturated heterocycles. The Morgan fingerprint density at radius 3 is 2.59 bits per heavy atom. The van der Waals surface area contributed by atoms with E-state index in [9.17, 15) is 9.18 Å². The molecule has 0 bridgehead atoms. The van der Waals surface area contributed by atoms with Gasteiger partial charge in [0, 0.05) is 25.4 Å². The molecule has 0 aliphatic carbocycles. The van der Waals surface area contributed by atoms with Crippen molar-refractivity contribution in [2.24, 2.45) is 0 Å². The lowest BCUT2D eigenvalue weighted by atomic mass is 10.1. The molecule has 174 valence electrons. The van der Waals surface area contributed by atoms with Crippen LogP contribution in [0.4, 0.5) is 10.1 Å². The van der Waals surface area contributed by atoms with E-state index in [1.54, 1.807) is 23.1 Å². The molecule has 5 nitrogen and oxygen atoms in total. The fourth-order valence-electron chi connectivity index (χ4n) is 4.62. The molecule has 34 heavy (non-hydrogen) atoms. The maximum absolute atomic E-state index is 14.3. The third kappa shape index (κ3) is 4.53. The standard InChI is InChI=1S/C28H28FN3O2/c1-20-12-14-22(15-13-20)34-17-7-6-16-31-26-11-5-3-9-24(26)30-28(31)21-18-27(33)32(19-21)25-10-4-2-8-23(25)29/h2-5,8-15,21H,6-7,16-19H2,1H3. The van der Waals surface area contributed by atoms with Gasteiger partial charge in [0.2, 0.25) is 5.91 Å². The van der Waals surface area contributed by atoms with Crippen molar-refractivity contribution < 1.29 is 13.9 Å². The first kappa shape index (κ1) is 22.1. The Labute approximate surface area is 198 Å². The van der Waals surface area contributed by atoms with Crippen LogP contribution in [-0.4, -0.2) is 28.6 Å². The van der Waals surface area contributed by atoms with Crippen LogP contribution in [0.15, 0.2) is 72.8 Å². The third-order valence-corrected chi connectivity index (χ3v) is 6.38. The summed E-state index contributed by atoms with van der Waals surface area (Å²) in [5, 5.41) is 0. The number of benzene rings is 3. The molecule has 1 aromatic heterocycles. The highest BCUT2D eigenvalue weighted by atomic mass is 19.1. The van der Waals surface area contributed by atoms with E-state index in [0.29, 0.717) is 25.3 Å². The topological polar surface area (TPSA) is 47.4 Å². The fraction of sp³-hybridized carbons (Fsp3) is 0.286. The van der Waals surface area contributed by atoms with Crippen LogP contribution in [-0.2, 0) is 11.3 Å². The monoisotopic (exact) mass is 457 g/mol. The van der Waals surface area contributed by atoms with Gasteiger partial charge in [-0.3, -0.25) is 4.79 Å². The Bertz CT molecular complexity index is 1300. The van der Waals surface area contributed by atoms with Crippen molar-refractivity contribution >= 4 is 22.6 Å². The van der Waals surface area contributed by atoms with Crippen LogP contribution in [0.25, 0.3) is 11.0 Å². The largest absolute Gasteiger partial charge is 0.494 e. The first-order valence-corrected chi connectivity index (χ1v) is 11.8. The van der Waals surface area contributed by atoms with Crippen LogP contribution >= 0.6 is 0 Å². The van der Waals surface area contributed by atoms with Gasteiger partial charge in [0.25, 0.3) is 0 Å². The van der Waals surface area contributed by atoms with E-state index >= 15 is 0 Å². The van der Waals surface area contributed by atoms with E-state index in [-0.39, 0.29) is 17.6 Å². The predicted octanol–water partition coefficient (Wildman–Crippen LogP) is 5.86. The molecular weight excluding hydrogens is 429 g/mol. The van der Waals surface area contributed by atoms with E-state index in [1.807, 2.05) is 42.5 Å². The van der Waals surface area contributed by atoms with Gasteiger partial charge in [-0.1, -0.05) is 42.0 Å². The highest BCUT2D eigenvalue weighted by Crippen LogP contribution is 2.34. The number of unbranched alkanes of at least 4 members (excludes halogenated alkanes) is 1. The molecular formula is C28H28FN3O2. The lowest BCUT2D eigenvalue weighted by molar-refractivity contribution is -0.117. The number of aromatic nitrogens is 2. The van der Waals surface area contributed by atoms with Gasteiger partial charge < -0.3 is 14.2 Å². The maximum atomic E-state index is 14.3. The van der Waals surface area contributed by atoms with Gasteiger partial charge in [0.05, 0.1) is 23.3 Å². The normalized spacial score (nSPS) is 15.9. The van der Waals surface area contributed by atoms with E-state index in [0.717, 1.165) is 42.0 Å². The predicted molar refractivity (Wildman–Crippen MR) is 132 cm³/mol. The number of nitrogens with zero attached hydrogens (tertiary/aromatic N) is 3. The Morgan fingerprint density at radius 1 is 1.00 bits per heavy atom. The number of fused-ring (bicyclic) bond motifs is 1. The first-order valence-electron chi connectivity index (χ1n) is 11.8. The van der Waals surface area contributed by atoms with Crippen LogP contribution < -0.4 is 9.64 Å². The minimum absolute atomic E-state index is 0.0693. The summed E-state index contributed by atoms with van der Waals surface area (Å²) in [6.07, 6.45) is 2.16. The van der Waals surface area contributed by atoms with Crippen molar-refractivity contribution in [3.05, 3.63) is 90.0 Å². The zero-order valence-corrected chi connectivity index (χ0v) is 19.3. The number of hydrogen-bond acceptors (Lipinski definition) is 3. The number of halogens is 1. The minimum atomic E-state index is -0.376. The molecule has 0 radical (unpaired) electrons. The number of ether oxygens (including phenoxy) is 1. The highest BCUT2D eigenvalue weighted by Gasteiger charge is 2.35. The van der Waals surface area contributed by atoms with Crippen molar-refractivity contribution in [1.29, 1.82) is 0 Å². The number of hydrogen-bond donors (Lipinski definition) is 0. The average molecular weight is 458 g/mol. The van der Waals surface area contributed by atoms with Gasteiger partial charge in [0.15, 0.2) is 0 Å². The van der Waals surface area contributed by atoms with Gasteiger partial charge in [0.1, 0.15) is 17.4 Å². The van der Waals surface area contributed by atoms with Gasteiger partial charge in [-0.15, -0.1) is 0 Å². The van der Waals surface area contributed by atoms with Crippen molar-refractivity contribution in [3.63, 3.8) is 0 Å². The second kappa shape index (κ2) is 9.67. The molecule has 5 rings (SSSR count). The van der Waals surface area contributed by atoms with Crippen LogP contribution in [0.2, 0.25) is 0 Å². The smallest absolute Gasteiger partial charge is 0.227 e. The summed E-state index contributed by atoms with van der Waals surface area (Å²) < 4.78 is 22.4. The number of aryl methyl sites for hydroxylation is 2. The molecule has 6 heteroatoms. The molecule has 1 unspecified atom stereocenters. The number of rotatable bonds is 8. The van der Waals surface area contributed by atoms with Crippen LogP contribution in [0, 0.1) is 12.7 Å². The third-order valence-electron chi connectivity index (χ3n) is 6.38. The van der Waals surface area contributed by atoms with Crippen molar-refractivity contribution in [1.82, 2.24) is 9.55 Å². The number of amides is 1. The number of para-hydroxylation sites is 3. The second-order valence-electron chi connectivity index (χ2n) is 8.84. The average Bonchev–Trinajstić information content (AvgIpc) is 3.41. The molecule has 0 N–H and O–H groups in total. The van der Waals surface area contributed by atoms with Crippen molar-refractivity contribution in [3.8, 4) is 5.75 Å². The highest BCUT2D eigenvalue weighted by molar-refractivity contribution is 5.96. The van der Waals surface area contributed by atoms with Gasteiger partial charge in [-0.2, -0.15) is 0 Å². The van der Waals surface area contributed by atoms with Crippen molar-refractivity contribution in [2.45, 2.75) is 38.6 Å². The number of carbonyl (C=O) groups excluding carboxylic acids is 1. The summed E-state index contributed by atoms with van der Waals surface area (Å²) in [6, 6.07) is 22.6. The Kier molecular flexibility index (Phi) is 6.30. The molecule has 1 aliphatic rings. The maximum Gasteiger partial charge on any atom is 0.227 e. The van der Waals surface area contributed by atoms with Gasteiger partial charge >= 0.3 is 0 Å². The summed E-state index contributed by atoms with van der Waals surface area (Å²) >= 11 is 0. The summed E-state index contributed by atoms with van der Waals surface area (Å²) in [5.74, 6) is 1.26. The summed E-state index contributed by atoms with van der Waals surface area (Å²) in [6.45, 7) is 3.93. The Balaban J connectivity index is 1.30. The Morgan fingerprint density at radius 2 is 1.76 bits per heavy atom. The zero-order chi connectivity index (χ0) is 23.5. The molecule has 4 aromatic rings. The molecule has 1 amide bonds. The van der Waals surface area contributed by atoms with Gasteiger partial charge in [-0.05, 0) is 56.2 Å². The number of imidazole rings is 1. The lowest BCUT2D eigenvalue weighted by Crippen LogP contribution is -2.25. The fourth-order valence-corrected chi connectivity index (χ4v) is 4.62. The zero-order valence-electron chi connectivity index (χ0n) is 19.3. The van der Waals surface area contributed by atoms with Gasteiger partial charge in [-0.25, -0.2) is 9.37 Å². The molecule has 0 saturated carbocycles.